The molecule has 0 radical (unpaired) electrons. The van der Waals surface area contributed by atoms with E-state index in [9.17, 15) is 15.0 Å². The van der Waals surface area contributed by atoms with Crippen LogP contribution in [0.3, 0.4) is 0 Å². The normalized spacial score (nSPS) is 39.4. The third kappa shape index (κ3) is 1.88. The molecule has 0 aromatic heterocycles. The first kappa shape index (κ1) is 12.9. The van der Waals surface area contributed by atoms with E-state index < -0.39 is 17.0 Å². The second-order valence-corrected chi connectivity index (χ2v) is 7.12. The van der Waals surface area contributed by atoms with Gasteiger partial charge in [0.25, 0.3) is 0 Å². The molecule has 0 aliphatic heterocycles. The largest absolute Gasteiger partial charge is 0.481 e. The van der Waals surface area contributed by atoms with Gasteiger partial charge in [-0.3, -0.25) is 4.79 Å². The van der Waals surface area contributed by atoms with Crippen LogP contribution >= 0.6 is 0 Å². The molecule has 2 saturated carbocycles. The number of carboxylic acids is 1. The van der Waals surface area contributed by atoms with E-state index in [4.69, 9.17) is 0 Å². The van der Waals surface area contributed by atoms with Gasteiger partial charge in [-0.1, -0.05) is 20.8 Å². The highest BCUT2D eigenvalue weighted by Crippen LogP contribution is 2.62. The highest BCUT2D eigenvalue weighted by atomic mass is 16.4. The van der Waals surface area contributed by atoms with Gasteiger partial charge in [-0.25, -0.2) is 0 Å². The minimum atomic E-state index is -0.971. The Labute approximate surface area is 103 Å². The maximum Gasteiger partial charge on any atom is 0.312 e. The summed E-state index contributed by atoms with van der Waals surface area (Å²) < 4.78 is 0. The lowest BCUT2D eigenvalue weighted by Crippen LogP contribution is -2.63. The Morgan fingerprint density at radius 2 is 1.65 bits per heavy atom. The monoisotopic (exact) mass is 240 g/mol. The summed E-state index contributed by atoms with van der Waals surface area (Å²) >= 11 is 0. The second-order valence-electron chi connectivity index (χ2n) is 7.12. The number of carboxylic acid groups (broad SMARTS) is 1. The van der Waals surface area contributed by atoms with Gasteiger partial charge in [-0.2, -0.15) is 0 Å². The first-order valence-electron chi connectivity index (χ1n) is 6.67. The lowest BCUT2D eigenvalue weighted by atomic mass is 9.46. The van der Waals surface area contributed by atoms with Gasteiger partial charge in [-0.05, 0) is 49.9 Å². The number of hydrogen-bond acceptors (Lipinski definition) is 2. The number of rotatable bonds is 2. The third-order valence-corrected chi connectivity index (χ3v) is 4.96. The highest BCUT2D eigenvalue weighted by molar-refractivity contribution is 5.78. The van der Waals surface area contributed by atoms with Crippen LogP contribution in [0.25, 0.3) is 0 Å². The fourth-order valence-corrected chi connectivity index (χ4v) is 3.98. The Kier molecular flexibility index (Phi) is 2.81. The van der Waals surface area contributed by atoms with Crippen molar-refractivity contribution >= 4 is 5.97 Å². The van der Waals surface area contributed by atoms with Crippen molar-refractivity contribution in [3.8, 4) is 0 Å². The van der Waals surface area contributed by atoms with Gasteiger partial charge in [0.2, 0.25) is 0 Å². The SMILES string of the molecule is CC1CCC(O)(C2(C(=O)O)CC(C)(C)C2)CC1. The average Bonchev–Trinajstić information content (AvgIpc) is 2.18. The third-order valence-electron chi connectivity index (χ3n) is 4.96. The van der Waals surface area contributed by atoms with E-state index in [1.807, 2.05) is 0 Å². The first-order valence-corrected chi connectivity index (χ1v) is 6.67. The van der Waals surface area contributed by atoms with Gasteiger partial charge < -0.3 is 10.2 Å². The Hall–Kier alpha value is -0.570. The summed E-state index contributed by atoms with van der Waals surface area (Å²) in [6.45, 7) is 6.35. The van der Waals surface area contributed by atoms with E-state index in [-0.39, 0.29) is 5.41 Å². The Balaban J connectivity index is 2.21. The lowest BCUT2D eigenvalue weighted by molar-refractivity contribution is -0.214. The van der Waals surface area contributed by atoms with Crippen molar-refractivity contribution in [3.05, 3.63) is 0 Å². The van der Waals surface area contributed by atoms with Gasteiger partial charge in [-0.15, -0.1) is 0 Å². The minimum absolute atomic E-state index is 0.0667. The highest BCUT2D eigenvalue weighted by Gasteiger charge is 2.65. The van der Waals surface area contributed by atoms with Gasteiger partial charge in [0.05, 0.1) is 11.0 Å². The van der Waals surface area contributed by atoms with Crippen LogP contribution < -0.4 is 0 Å². The smallest absolute Gasteiger partial charge is 0.312 e. The molecule has 0 unspecified atom stereocenters. The number of hydrogen-bond donors (Lipinski definition) is 2. The molecule has 2 fully saturated rings. The van der Waals surface area contributed by atoms with E-state index in [0.717, 1.165) is 12.8 Å². The van der Waals surface area contributed by atoms with Crippen LogP contribution in [0.5, 0.6) is 0 Å². The molecule has 17 heavy (non-hydrogen) atoms. The molecule has 3 heteroatoms. The molecule has 0 amide bonds. The molecule has 3 nitrogen and oxygen atoms in total. The zero-order valence-corrected chi connectivity index (χ0v) is 11.1. The van der Waals surface area contributed by atoms with Crippen LogP contribution in [0, 0.1) is 16.7 Å². The molecule has 0 saturated heterocycles. The molecule has 2 aliphatic carbocycles. The zero-order valence-electron chi connectivity index (χ0n) is 11.1. The van der Waals surface area contributed by atoms with Crippen LogP contribution in [0.1, 0.15) is 59.3 Å². The summed E-state index contributed by atoms with van der Waals surface area (Å²) in [5, 5.41) is 20.3. The predicted molar refractivity (Wildman–Crippen MR) is 65.7 cm³/mol. The summed E-state index contributed by atoms with van der Waals surface area (Å²) in [5.74, 6) is -0.178. The number of aliphatic hydroxyl groups is 1. The van der Waals surface area contributed by atoms with Crippen molar-refractivity contribution in [1.82, 2.24) is 0 Å². The van der Waals surface area contributed by atoms with Crippen LogP contribution in [0.15, 0.2) is 0 Å². The van der Waals surface area contributed by atoms with Crippen LogP contribution in [0.4, 0.5) is 0 Å². The standard InChI is InChI=1S/C14H24O3/c1-10-4-6-14(17,7-5-10)13(11(15)16)8-12(2,3)9-13/h10,17H,4-9H2,1-3H3,(H,15,16). The van der Waals surface area contributed by atoms with Gasteiger partial charge in [0.1, 0.15) is 0 Å². The van der Waals surface area contributed by atoms with Crippen LogP contribution in [-0.2, 0) is 4.79 Å². The molecule has 2 aliphatic rings. The molecule has 0 heterocycles. The molecule has 0 aromatic rings. The molecular formula is C14H24O3. The van der Waals surface area contributed by atoms with Crippen molar-refractivity contribution < 1.29 is 15.0 Å². The summed E-state index contributed by atoms with van der Waals surface area (Å²) in [5.41, 5.74) is -1.78. The van der Waals surface area contributed by atoms with Gasteiger partial charge in [0.15, 0.2) is 0 Å². The maximum atomic E-state index is 11.6. The first-order chi connectivity index (χ1) is 7.71. The summed E-state index contributed by atoms with van der Waals surface area (Å²) in [4.78, 5) is 11.6. The molecular weight excluding hydrogens is 216 g/mol. The van der Waals surface area contributed by atoms with Crippen LogP contribution in [0.2, 0.25) is 0 Å². The van der Waals surface area contributed by atoms with Crippen molar-refractivity contribution in [1.29, 1.82) is 0 Å². The van der Waals surface area contributed by atoms with Crippen molar-refractivity contribution in [3.63, 3.8) is 0 Å². The fourth-order valence-electron chi connectivity index (χ4n) is 3.98. The lowest BCUT2D eigenvalue weighted by Gasteiger charge is -2.59. The summed E-state index contributed by atoms with van der Waals surface area (Å²) in [6, 6.07) is 0. The van der Waals surface area contributed by atoms with E-state index in [0.29, 0.717) is 31.6 Å². The molecule has 0 bridgehead atoms. The summed E-state index contributed by atoms with van der Waals surface area (Å²) in [6.07, 6.45) is 4.42. The molecule has 0 atom stereocenters. The molecule has 98 valence electrons. The molecule has 0 aromatic carbocycles. The Morgan fingerprint density at radius 3 is 2.00 bits per heavy atom. The van der Waals surface area contributed by atoms with Crippen molar-refractivity contribution in [2.45, 2.75) is 64.9 Å². The maximum absolute atomic E-state index is 11.6. The molecule has 2 N–H and O–H groups in total. The second kappa shape index (κ2) is 3.71. The van der Waals surface area contributed by atoms with E-state index in [1.54, 1.807) is 0 Å². The topological polar surface area (TPSA) is 57.5 Å². The quantitative estimate of drug-likeness (QED) is 0.780. The van der Waals surface area contributed by atoms with Crippen molar-refractivity contribution in [2.24, 2.45) is 16.7 Å². The molecule has 0 spiro atoms. The van der Waals surface area contributed by atoms with E-state index in [2.05, 4.69) is 20.8 Å². The molecule has 2 rings (SSSR count). The Morgan fingerprint density at radius 1 is 1.18 bits per heavy atom. The summed E-state index contributed by atoms with van der Waals surface area (Å²) in [7, 11) is 0. The minimum Gasteiger partial charge on any atom is -0.481 e. The average molecular weight is 240 g/mol. The van der Waals surface area contributed by atoms with E-state index in [1.165, 1.54) is 0 Å². The number of carbonyl (C=O) groups is 1. The zero-order chi connectivity index (χ0) is 12.9. The van der Waals surface area contributed by atoms with Gasteiger partial charge in [0, 0.05) is 0 Å². The van der Waals surface area contributed by atoms with Crippen LogP contribution in [-0.4, -0.2) is 21.8 Å². The fraction of sp³-hybridized carbons (Fsp3) is 0.929. The predicted octanol–water partition coefficient (Wildman–Crippen LogP) is 2.82. The van der Waals surface area contributed by atoms with Gasteiger partial charge >= 0.3 is 5.97 Å². The Bertz CT molecular complexity index is 316. The van der Waals surface area contributed by atoms with Crippen molar-refractivity contribution in [2.75, 3.05) is 0 Å². The van der Waals surface area contributed by atoms with E-state index >= 15 is 0 Å². The number of aliphatic carboxylic acids is 1.